The standard InChI is InChI=1S/C22H23N3O2/c1-14(2)15-8-10-16(11-9-15)25-20(23)18-12-13-27-22(18)24-21(25)17-6-4-5-7-19(17)26-3/h4-14,21,23-24H,1-3H3. The van der Waals surface area contributed by atoms with Crippen LogP contribution in [0.2, 0.25) is 0 Å². The van der Waals surface area contributed by atoms with E-state index in [1.807, 2.05) is 35.2 Å². The Morgan fingerprint density at radius 3 is 2.52 bits per heavy atom. The molecule has 1 aliphatic rings. The number of para-hydroxylation sites is 1. The van der Waals surface area contributed by atoms with Gasteiger partial charge < -0.3 is 19.4 Å². The van der Waals surface area contributed by atoms with E-state index in [1.165, 1.54) is 5.56 Å². The van der Waals surface area contributed by atoms with Crippen molar-refractivity contribution in [2.24, 2.45) is 0 Å². The molecule has 138 valence electrons. The molecule has 0 bridgehead atoms. The lowest BCUT2D eigenvalue weighted by molar-refractivity contribution is 0.406. The first-order chi connectivity index (χ1) is 13.1. The molecule has 5 heteroatoms. The number of furan rings is 1. The summed E-state index contributed by atoms with van der Waals surface area (Å²) < 4.78 is 11.1. The van der Waals surface area contributed by atoms with Gasteiger partial charge in [-0.3, -0.25) is 5.41 Å². The molecule has 1 unspecified atom stereocenters. The van der Waals surface area contributed by atoms with Crippen LogP contribution >= 0.6 is 0 Å². The summed E-state index contributed by atoms with van der Waals surface area (Å²) in [5.41, 5.74) is 3.90. The second-order valence-corrected chi connectivity index (χ2v) is 6.92. The monoisotopic (exact) mass is 361 g/mol. The molecule has 2 aromatic carbocycles. The molecule has 0 spiro atoms. The number of ether oxygens (including phenoxy) is 1. The summed E-state index contributed by atoms with van der Waals surface area (Å²) in [6, 6.07) is 18.1. The zero-order valence-corrected chi connectivity index (χ0v) is 15.7. The fourth-order valence-electron chi connectivity index (χ4n) is 3.46. The molecule has 0 amide bonds. The third-order valence-electron chi connectivity index (χ3n) is 4.96. The van der Waals surface area contributed by atoms with Crippen LogP contribution in [0.5, 0.6) is 5.75 Å². The number of rotatable bonds is 4. The number of anilines is 2. The summed E-state index contributed by atoms with van der Waals surface area (Å²) in [5, 5.41) is 12.2. The number of methoxy groups -OCH3 is 1. The zero-order valence-electron chi connectivity index (χ0n) is 15.7. The summed E-state index contributed by atoms with van der Waals surface area (Å²) in [6.07, 6.45) is 1.30. The van der Waals surface area contributed by atoms with Crippen LogP contribution in [-0.4, -0.2) is 12.9 Å². The van der Waals surface area contributed by atoms with Crippen LogP contribution < -0.4 is 15.0 Å². The maximum atomic E-state index is 8.81. The molecule has 5 nitrogen and oxygen atoms in total. The Kier molecular flexibility index (Phi) is 4.36. The highest BCUT2D eigenvalue weighted by Crippen LogP contribution is 2.40. The third-order valence-corrected chi connectivity index (χ3v) is 4.96. The molecule has 0 aliphatic carbocycles. The van der Waals surface area contributed by atoms with E-state index < -0.39 is 0 Å². The first kappa shape index (κ1) is 17.2. The Labute approximate surface area is 159 Å². The van der Waals surface area contributed by atoms with Crippen LogP contribution in [0.15, 0.2) is 65.3 Å². The molecule has 0 saturated carbocycles. The Hall–Kier alpha value is -3.21. The SMILES string of the molecule is COc1ccccc1C1Nc2occc2C(=N)N1c1ccc(C(C)C)cc1. The van der Waals surface area contributed by atoms with Gasteiger partial charge in [0.05, 0.1) is 18.9 Å². The van der Waals surface area contributed by atoms with Crippen molar-refractivity contribution in [2.75, 3.05) is 17.3 Å². The molecule has 2 N–H and O–H groups in total. The fraction of sp³-hybridized carbons (Fsp3) is 0.227. The predicted octanol–water partition coefficient (Wildman–Crippen LogP) is 5.37. The fourth-order valence-corrected chi connectivity index (χ4v) is 3.46. The maximum Gasteiger partial charge on any atom is 0.205 e. The van der Waals surface area contributed by atoms with Gasteiger partial charge in [-0.2, -0.15) is 0 Å². The lowest BCUT2D eigenvalue weighted by Gasteiger charge is -2.38. The van der Waals surface area contributed by atoms with Crippen LogP contribution in [0, 0.1) is 5.41 Å². The van der Waals surface area contributed by atoms with E-state index in [1.54, 1.807) is 13.4 Å². The first-order valence-corrected chi connectivity index (χ1v) is 9.05. The number of amidine groups is 1. The lowest BCUT2D eigenvalue weighted by Crippen LogP contribution is -2.42. The Morgan fingerprint density at radius 1 is 1.07 bits per heavy atom. The molecular formula is C22H23N3O2. The van der Waals surface area contributed by atoms with Crippen LogP contribution in [0.1, 0.15) is 42.6 Å². The van der Waals surface area contributed by atoms with Gasteiger partial charge in [0.15, 0.2) is 0 Å². The molecule has 2 heterocycles. The van der Waals surface area contributed by atoms with Gasteiger partial charge in [0.25, 0.3) is 0 Å². The van der Waals surface area contributed by atoms with E-state index >= 15 is 0 Å². The molecule has 4 rings (SSSR count). The van der Waals surface area contributed by atoms with Crippen molar-refractivity contribution in [1.82, 2.24) is 0 Å². The minimum atomic E-state index is -0.308. The maximum absolute atomic E-state index is 8.81. The molecule has 1 aromatic heterocycles. The van der Waals surface area contributed by atoms with E-state index in [9.17, 15) is 0 Å². The molecule has 0 fully saturated rings. The minimum Gasteiger partial charge on any atom is -0.496 e. The van der Waals surface area contributed by atoms with Gasteiger partial charge in [0, 0.05) is 11.3 Å². The highest BCUT2D eigenvalue weighted by molar-refractivity contribution is 6.13. The summed E-state index contributed by atoms with van der Waals surface area (Å²) in [7, 11) is 1.66. The number of fused-ring (bicyclic) bond motifs is 1. The Balaban J connectivity index is 1.83. The second kappa shape index (κ2) is 6.83. The summed E-state index contributed by atoms with van der Waals surface area (Å²) in [4.78, 5) is 1.97. The smallest absolute Gasteiger partial charge is 0.205 e. The van der Waals surface area contributed by atoms with Gasteiger partial charge >= 0.3 is 0 Å². The summed E-state index contributed by atoms with van der Waals surface area (Å²) in [5.74, 6) is 2.22. The van der Waals surface area contributed by atoms with Crippen LogP contribution in [-0.2, 0) is 0 Å². The minimum absolute atomic E-state index is 0.308. The van der Waals surface area contributed by atoms with Crippen molar-refractivity contribution in [3.05, 3.63) is 77.6 Å². The number of hydrogen-bond acceptors (Lipinski definition) is 4. The van der Waals surface area contributed by atoms with Crippen molar-refractivity contribution >= 4 is 17.4 Å². The first-order valence-electron chi connectivity index (χ1n) is 9.05. The van der Waals surface area contributed by atoms with E-state index in [0.29, 0.717) is 17.6 Å². The Bertz CT molecular complexity index is 960. The van der Waals surface area contributed by atoms with E-state index in [-0.39, 0.29) is 6.17 Å². The molecule has 27 heavy (non-hydrogen) atoms. The van der Waals surface area contributed by atoms with Gasteiger partial charge in [0.2, 0.25) is 5.88 Å². The second-order valence-electron chi connectivity index (χ2n) is 6.92. The van der Waals surface area contributed by atoms with Gasteiger partial charge in [-0.15, -0.1) is 0 Å². The third kappa shape index (κ3) is 2.95. The van der Waals surface area contributed by atoms with Crippen LogP contribution in [0.25, 0.3) is 0 Å². The normalized spacial score (nSPS) is 16.2. The predicted molar refractivity (Wildman–Crippen MR) is 108 cm³/mol. The van der Waals surface area contributed by atoms with Crippen molar-refractivity contribution in [2.45, 2.75) is 25.9 Å². The molecule has 0 radical (unpaired) electrons. The van der Waals surface area contributed by atoms with Gasteiger partial charge in [0.1, 0.15) is 17.8 Å². The summed E-state index contributed by atoms with van der Waals surface area (Å²) in [6.45, 7) is 4.35. The average molecular weight is 361 g/mol. The highest BCUT2D eigenvalue weighted by atomic mass is 16.5. The van der Waals surface area contributed by atoms with Crippen molar-refractivity contribution in [1.29, 1.82) is 5.41 Å². The number of nitrogens with zero attached hydrogens (tertiary/aromatic N) is 1. The van der Waals surface area contributed by atoms with Crippen LogP contribution in [0.3, 0.4) is 0 Å². The molecule has 3 aromatic rings. The zero-order chi connectivity index (χ0) is 19.0. The van der Waals surface area contributed by atoms with Crippen LogP contribution in [0.4, 0.5) is 11.6 Å². The van der Waals surface area contributed by atoms with Gasteiger partial charge in [-0.1, -0.05) is 44.2 Å². The van der Waals surface area contributed by atoms with Gasteiger partial charge in [-0.05, 0) is 35.7 Å². The molecular weight excluding hydrogens is 338 g/mol. The molecule has 1 aliphatic heterocycles. The topological polar surface area (TPSA) is 61.5 Å². The number of nitrogens with one attached hydrogen (secondary N) is 2. The van der Waals surface area contributed by atoms with Crippen molar-refractivity contribution in [3.8, 4) is 5.75 Å². The van der Waals surface area contributed by atoms with E-state index in [0.717, 1.165) is 22.6 Å². The average Bonchev–Trinajstić information content (AvgIpc) is 3.17. The highest BCUT2D eigenvalue weighted by Gasteiger charge is 2.35. The van der Waals surface area contributed by atoms with Gasteiger partial charge in [-0.25, -0.2) is 0 Å². The van der Waals surface area contributed by atoms with E-state index in [2.05, 4.69) is 43.4 Å². The van der Waals surface area contributed by atoms with E-state index in [4.69, 9.17) is 14.6 Å². The molecule has 0 saturated heterocycles. The largest absolute Gasteiger partial charge is 0.496 e. The quantitative estimate of drug-likeness (QED) is 0.656. The molecule has 1 atom stereocenters. The lowest BCUT2D eigenvalue weighted by atomic mass is 10.0. The number of benzene rings is 2. The number of hydrogen-bond donors (Lipinski definition) is 2. The summed E-state index contributed by atoms with van der Waals surface area (Å²) >= 11 is 0. The Morgan fingerprint density at radius 2 is 1.81 bits per heavy atom. The van der Waals surface area contributed by atoms with Crippen molar-refractivity contribution in [3.63, 3.8) is 0 Å². The van der Waals surface area contributed by atoms with Crippen molar-refractivity contribution < 1.29 is 9.15 Å².